The lowest BCUT2D eigenvalue weighted by Crippen LogP contribution is -2.46. The zero-order valence-electron chi connectivity index (χ0n) is 19.5. The molecule has 2 aromatic carbocycles. The Kier molecular flexibility index (Phi) is 6.27. The quantitative estimate of drug-likeness (QED) is 0.371. The van der Waals surface area contributed by atoms with Crippen molar-refractivity contribution in [3.05, 3.63) is 81.5 Å². The second-order valence-corrected chi connectivity index (χ2v) is 9.44. The first-order valence-corrected chi connectivity index (χ1v) is 12.1. The molecule has 1 unspecified atom stereocenters. The van der Waals surface area contributed by atoms with Gasteiger partial charge in [0.25, 0.3) is 0 Å². The fourth-order valence-corrected chi connectivity index (χ4v) is 5.42. The Labute approximate surface area is 207 Å². The van der Waals surface area contributed by atoms with E-state index in [1.165, 1.54) is 11.3 Å². The van der Waals surface area contributed by atoms with E-state index in [0.29, 0.717) is 24.5 Å². The molecule has 3 heterocycles. The van der Waals surface area contributed by atoms with Gasteiger partial charge in [-0.05, 0) is 46.7 Å². The molecule has 3 aromatic rings. The number of urea groups is 1. The molecule has 2 aliphatic heterocycles. The van der Waals surface area contributed by atoms with Gasteiger partial charge in [-0.1, -0.05) is 36.4 Å². The minimum absolute atomic E-state index is 0.0116. The molecule has 1 aromatic heterocycles. The lowest BCUT2D eigenvalue weighted by atomic mass is 9.88. The van der Waals surface area contributed by atoms with Crippen LogP contribution in [-0.2, 0) is 22.6 Å². The van der Waals surface area contributed by atoms with Crippen LogP contribution in [0.2, 0.25) is 0 Å². The minimum Gasteiger partial charge on any atom is -0.493 e. The Morgan fingerprint density at radius 1 is 0.914 bits per heavy atom. The van der Waals surface area contributed by atoms with Crippen LogP contribution in [0.15, 0.2) is 60.0 Å². The van der Waals surface area contributed by atoms with Crippen LogP contribution in [-0.4, -0.2) is 60.0 Å². The number of fused-ring (bicyclic) bond motifs is 1. The first-order valence-electron chi connectivity index (χ1n) is 11.2. The number of thiophene rings is 1. The number of methoxy groups -OCH3 is 2. The van der Waals surface area contributed by atoms with E-state index < -0.39 is 17.8 Å². The Hall–Kier alpha value is -3.69. The Morgan fingerprint density at radius 2 is 1.63 bits per heavy atom. The molecule has 0 spiro atoms. The molecule has 1 fully saturated rings. The van der Waals surface area contributed by atoms with Gasteiger partial charge in [0.05, 0.1) is 33.5 Å². The van der Waals surface area contributed by atoms with Crippen LogP contribution in [0.1, 0.15) is 27.6 Å². The second-order valence-electron chi connectivity index (χ2n) is 8.41. The fraction of sp³-hybridized carbons (Fsp3) is 0.269. The number of ether oxygens (including phenoxy) is 2. The average molecular weight is 492 g/mol. The van der Waals surface area contributed by atoms with Crippen molar-refractivity contribution >= 4 is 29.2 Å². The van der Waals surface area contributed by atoms with Crippen molar-refractivity contribution in [1.82, 2.24) is 14.7 Å². The zero-order valence-corrected chi connectivity index (χ0v) is 20.3. The summed E-state index contributed by atoms with van der Waals surface area (Å²) in [4.78, 5) is 43.7. The summed E-state index contributed by atoms with van der Waals surface area (Å²) in [6.07, 6.45) is 0.697. The summed E-state index contributed by atoms with van der Waals surface area (Å²) < 4.78 is 11.0. The van der Waals surface area contributed by atoms with Crippen LogP contribution in [0, 0.1) is 0 Å². The molecular formula is C26H25N3O5S. The van der Waals surface area contributed by atoms with Crippen molar-refractivity contribution in [1.29, 1.82) is 0 Å². The number of rotatable bonds is 7. The van der Waals surface area contributed by atoms with Gasteiger partial charge < -0.3 is 9.47 Å². The van der Waals surface area contributed by atoms with Crippen molar-refractivity contribution in [2.24, 2.45) is 0 Å². The molecule has 0 saturated carbocycles. The summed E-state index contributed by atoms with van der Waals surface area (Å²) in [6, 6.07) is 16.7. The van der Waals surface area contributed by atoms with Gasteiger partial charge in [0.2, 0.25) is 0 Å². The van der Waals surface area contributed by atoms with Gasteiger partial charge in [-0.3, -0.25) is 19.4 Å². The maximum atomic E-state index is 13.2. The highest BCUT2D eigenvalue weighted by atomic mass is 32.1. The van der Waals surface area contributed by atoms with E-state index in [9.17, 15) is 14.4 Å². The number of carbonyl (C=O) groups excluding carboxylic acids is 3. The van der Waals surface area contributed by atoms with E-state index in [2.05, 4.69) is 4.90 Å². The van der Waals surface area contributed by atoms with Gasteiger partial charge in [-0.2, -0.15) is 0 Å². The van der Waals surface area contributed by atoms with Crippen molar-refractivity contribution in [2.75, 3.05) is 27.4 Å². The lowest BCUT2D eigenvalue weighted by Gasteiger charge is -2.39. The zero-order chi connectivity index (χ0) is 24.5. The standard InChI is InChI=1S/C26H25N3O5S/c1-33-21-13-18-10-11-27(23(17-7-4-3-5-8-17)20(18)14-22(21)34-2)16-29-25(31)24(30)28(26(29)32)15-19-9-6-12-35-19/h3-9,12-14,23H,10-11,15-16H2,1-2H3. The third-order valence-electron chi connectivity index (χ3n) is 6.44. The number of amides is 4. The molecule has 0 N–H and O–H groups in total. The number of benzene rings is 2. The summed E-state index contributed by atoms with van der Waals surface area (Å²) in [6.45, 7) is 0.704. The lowest BCUT2D eigenvalue weighted by molar-refractivity contribution is -0.144. The summed E-state index contributed by atoms with van der Waals surface area (Å²) >= 11 is 1.44. The molecule has 0 radical (unpaired) electrons. The van der Waals surface area contributed by atoms with Gasteiger partial charge >= 0.3 is 17.8 Å². The fourth-order valence-electron chi connectivity index (χ4n) is 4.73. The Balaban J connectivity index is 1.48. The first-order chi connectivity index (χ1) is 17.0. The highest BCUT2D eigenvalue weighted by Gasteiger charge is 2.46. The largest absolute Gasteiger partial charge is 0.493 e. The van der Waals surface area contributed by atoms with E-state index in [1.54, 1.807) is 14.2 Å². The van der Waals surface area contributed by atoms with Crippen LogP contribution in [0.3, 0.4) is 0 Å². The summed E-state index contributed by atoms with van der Waals surface area (Å²) in [5, 5.41) is 1.87. The highest BCUT2D eigenvalue weighted by Crippen LogP contribution is 2.41. The second kappa shape index (κ2) is 9.52. The summed E-state index contributed by atoms with van der Waals surface area (Å²) in [5.74, 6) is -0.314. The summed E-state index contributed by atoms with van der Waals surface area (Å²) in [5.41, 5.74) is 3.14. The van der Waals surface area contributed by atoms with Crippen molar-refractivity contribution in [3.63, 3.8) is 0 Å². The first kappa shape index (κ1) is 23.1. The number of carbonyl (C=O) groups is 3. The summed E-state index contributed by atoms with van der Waals surface area (Å²) in [7, 11) is 3.20. The van der Waals surface area contributed by atoms with Crippen molar-refractivity contribution < 1.29 is 23.9 Å². The van der Waals surface area contributed by atoms with E-state index in [1.807, 2.05) is 60.0 Å². The topological polar surface area (TPSA) is 79.4 Å². The predicted molar refractivity (Wildman–Crippen MR) is 130 cm³/mol. The molecule has 0 aliphatic carbocycles. The molecular weight excluding hydrogens is 466 g/mol. The van der Waals surface area contributed by atoms with Crippen molar-refractivity contribution in [2.45, 2.75) is 19.0 Å². The van der Waals surface area contributed by atoms with Crippen LogP contribution in [0.5, 0.6) is 11.5 Å². The third-order valence-corrected chi connectivity index (χ3v) is 7.30. The number of nitrogens with zero attached hydrogens (tertiary/aromatic N) is 3. The molecule has 35 heavy (non-hydrogen) atoms. The molecule has 1 atom stereocenters. The monoisotopic (exact) mass is 491 g/mol. The molecule has 5 rings (SSSR count). The molecule has 180 valence electrons. The predicted octanol–water partition coefficient (Wildman–Crippen LogP) is 3.66. The van der Waals surface area contributed by atoms with Gasteiger partial charge in [-0.25, -0.2) is 9.69 Å². The smallest absolute Gasteiger partial charge is 0.335 e. The molecule has 2 aliphatic rings. The van der Waals surface area contributed by atoms with Gasteiger partial charge in [0.1, 0.15) is 0 Å². The Bertz CT molecular complexity index is 1260. The molecule has 4 amide bonds. The molecule has 9 heteroatoms. The van der Waals surface area contributed by atoms with E-state index in [-0.39, 0.29) is 19.3 Å². The van der Waals surface area contributed by atoms with Gasteiger partial charge in [-0.15, -0.1) is 11.3 Å². The normalized spacial score (nSPS) is 18.2. The maximum absolute atomic E-state index is 13.2. The van der Waals surface area contributed by atoms with Crippen LogP contribution in [0.25, 0.3) is 0 Å². The van der Waals surface area contributed by atoms with E-state index in [0.717, 1.165) is 31.4 Å². The number of hydrogen-bond donors (Lipinski definition) is 0. The minimum atomic E-state index is -0.795. The third kappa shape index (κ3) is 4.17. The number of hydrogen-bond acceptors (Lipinski definition) is 7. The van der Waals surface area contributed by atoms with Gasteiger partial charge in [0, 0.05) is 11.4 Å². The number of imide groups is 2. The maximum Gasteiger partial charge on any atom is 0.335 e. The molecule has 1 saturated heterocycles. The van der Waals surface area contributed by atoms with E-state index in [4.69, 9.17) is 9.47 Å². The van der Waals surface area contributed by atoms with E-state index >= 15 is 0 Å². The molecule has 0 bridgehead atoms. The highest BCUT2D eigenvalue weighted by molar-refractivity contribution is 7.09. The molecule has 8 nitrogen and oxygen atoms in total. The van der Waals surface area contributed by atoms with Crippen LogP contribution in [0.4, 0.5) is 4.79 Å². The SMILES string of the molecule is COc1cc2c(cc1OC)C(c1ccccc1)N(CN1C(=O)C(=O)N(Cc3cccs3)C1=O)CC2. The van der Waals surface area contributed by atoms with Crippen molar-refractivity contribution in [3.8, 4) is 11.5 Å². The van der Waals surface area contributed by atoms with Gasteiger partial charge in [0.15, 0.2) is 11.5 Å². The average Bonchev–Trinajstić information content (AvgIpc) is 3.47. The Morgan fingerprint density at radius 3 is 2.31 bits per heavy atom. The van der Waals surface area contributed by atoms with Crippen LogP contribution >= 0.6 is 11.3 Å². The van der Waals surface area contributed by atoms with Crippen LogP contribution < -0.4 is 9.47 Å².